The average Bonchev–Trinajstić information content (AvgIpc) is 3.32. The summed E-state index contributed by atoms with van der Waals surface area (Å²) < 4.78 is 3.74. The second-order valence-electron chi connectivity index (χ2n) is 5.99. The first-order valence-electron chi connectivity index (χ1n) is 8.36. The van der Waals surface area contributed by atoms with Gasteiger partial charge in [0.15, 0.2) is 0 Å². The van der Waals surface area contributed by atoms with E-state index >= 15 is 0 Å². The molecule has 6 heteroatoms. The molecule has 0 amide bonds. The summed E-state index contributed by atoms with van der Waals surface area (Å²) in [5.41, 5.74) is 2.90. The second kappa shape index (κ2) is 6.57. The van der Waals surface area contributed by atoms with Crippen LogP contribution in [0.2, 0.25) is 0 Å². The van der Waals surface area contributed by atoms with E-state index in [0.717, 1.165) is 36.4 Å². The number of benzene rings is 1. The highest BCUT2D eigenvalue weighted by molar-refractivity contribution is 7.19. The van der Waals surface area contributed by atoms with Crippen LogP contribution in [0, 0.1) is 0 Å². The molecule has 0 saturated heterocycles. The van der Waals surface area contributed by atoms with Crippen molar-refractivity contribution in [3.8, 4) is 11.1 Å². The first kappa shape index (κ1) is 16.1. The smallest absolute Gasteiger partial charge is 0.263 e. The van der Waals surface area contributed by atoms with E-state index in [1.807, 2.05) is 47.9 Å². The van der Waals surface area contributed by atoms with Gasteiger partial charge in [0.05, 0.1) is 15.6 Å². The largest absolute Gasteiger partial charge is 0.290 e. The minimum Gasteiger partial charge on any atom is -0.290 e. The molecule has 1 aromatic carbocycles. The van der Waals surface area contributed by atoms with Crippen LogP contribution in [0.5, 0.6) is 0 Å². The summed E-state index contributed by atoms with van der Waals surface area (Å²) in [5, 5.41) is 3.65. The topological polar surface area (TPSA) is 47.8 Å². The minimum atomic E-state index is -0.0297. The summed E-state index contributed by atoms with van der Waals surface area (Å²) in [6.07, 6.45) is 8.96. The first-order chi connectivity index (χ1) is 13.3. The van der Waals surface area contributed by atoms with Crippen molar-refractivity contribution in [3.05, 3.63) is 81.8 Å². The molecule has 0 N–H and O–H groups in total. The Bertz CT molecular complexity index is 1310. The van der Waals surface area contributed by atoms with Crippen molar-refractivity contribution in [1.29, 1.82) is 0 Å². The van der Waals surface area contributed by atoms with E-state index in [9.17, 15) is 4.79 Å². The zero-order chi connectivity index (χ0) is 18.2. The normalized spacial score (nSPS) is 11.7. The molecule has 0 bridgehead atoms. The van der Waals surface area contributed by atoms with Crippen LogP contribution in [-0.4, -0.2) is 14.5 Å². The predicted molar refractivity (Wildman–Crippen MR) is 114 cm³/mol. The second-order valence-corrected chi connectivity index (χ2v) is 7.96. The van der Waals surface area contributed by atoms with Crippen molar-refractivity contribution >= 4 is 55.3 Å². The SMILES string of the molecule is O=c1c2c(-c3ccncc3)csc2ccn1/C=C/c1nc2ccccc2s1. The van der Waals surface area contributed by atoms with Crippen LogP contribution < -0.4 is 5.56 Å². The third-order valence-corrected chi connectivity index (χ3v) is 6.28. The number of hydrogen-bond donors (Lipinski definition) is 0. The highest BCUT2D eigenvalue weighted by Crippen LogP contribution is 2.31. The summed E-state index contributed by atoms with van der Waals surface area (Å²) in [6.45, 7) is 0. The maximum atomic E-state index is 13.1. The van der Waals surface area contributed by atoms with Gasteiger partial charge in [-0.2, -0.15) is 0 Å². The van der Waals surface area contributed by atoms with E-state index in [-0.39, 0.29) is 5.56 Å². The van der Waals surface area contributed by atoms with Gasteiger partial charge in [-0.3, -0.25) is 14.3 Å². The molecule has 27 heavy (non-hydrogen) atoms. The molecule has 0 atom stereocenters. The van der Waals surface area contributed by atoms with Crippen LogP contribution in [0.1, 0.15) is 5.01 Å². The zero-order valence-electron chi connectivity index (χ0n) is 14.1. The molecule has 0 saturated carbocycles. The van der Waals surface area contributed by atoms with E-state index < -0.39 is 0 Å². The molecule has 0 spiro atoms. The van der Waals surface area contributed by atoms with Crippen LogP contribution in [0.3, 0.4) is 0 Å². The summed E-state index contributed by atoms with van der Waals surface area (Å²) in [7, 11) is 0. The van der Waals surface area contributed by atoms with Gasteiger partial charge in [-0.1, -0.05) is 12.1 Å². The zero-order valence-corrected chi connectivity index (χ0v) is 15.7. The Labute approximate surface area is 162 Å². The van der Waals surface area contributed by atoms with Crippen LogP contribution in [0.4, 0.5) is 0 Å². The third-order valence-electron chi connectivity index (χ3n) is 4.33. The fourth-order valence-electron chi connectivity index (χ4n) is 3.03. The molecule has 130 valence electrons. The number of rotatable bonds is 3. The van der Waals surface area contributed by atoms with Crippen LogP contribution in [0.25, 0.3) is 43.7 Å². The lowest BCUT2D eigenvalue weighted by Crippen LogP contribution is -2.14. The van der Waals surface area contributed by atoms with Crippen molar-refractivity contribution in [1.82, 2.24) is 14.5 Å². The van der Waals surface area contributed by atoms with Gasteiger partial charge in [-0.05, 0) is 42.0 Å². The number of hydrogen-bond acceptors (Lipinski definition) is 5. The number of thiazole rings is 1. The first-order valence-corrected chi connectivity index (χ1v) is 10.1. The Hall–Kier alpha value is -3.09. The molecular formula is C21H13N3OS2. The molecule has 0 aliphatic heterocycles. The van der Waals surface area contributed by atoms with Crippen LogP contribution in [0.15, 0.2) is 71.2 Å². The summed E-state index contributed by atoms with van der Waals surface area (Å²) in [4.78, 5) is 21.7. The Balaban J connectivity index is 1.59. The lowest BCUT2D eigenvalue weighted by molar-refractivity contribution is 1.09. The molecule has 5 rings (SSSR count). The van der Waals surface area contributed by atoms with E-state index in [2.05, 4.69) is 16.0 Å². The summed E-state index contributed by atoms with van der Waals surface area (Å²) in [5.74, 6) is 0. The Kier molecular flexibility index (Phi) is 3.92. The van der Waals surface area contributed by atoms with Crippen LogP contribution in [-0.2, 0) is 0 Å². The molecule has 4 nitrogen and oxygen atoms in total. The van der Waals surface area contributed by atoms with Gasteiger partial charge in [0.1, 0.15) is 5.01 Å². The van der Waals surface area contributed by atoms with Crippen LogP contribution >= 0.6 is 22.7 Å². The molecule has 5 aromatic rings. The number of fused-ring (bicyclic) bond motifs is 2. The van der Waals surface area contributed by atoms with Gasteiger partial charge in [0.25, 0.3) is 5.56 Å². The molecule has 0 aliphatic carbocycles. The fourth-order valence-corrected chi connectivity index (χ4v) is 4.84. The Morgan fingerprint density at radius 3 is 2.70 bits per heavy atom. The molecular weight excluding hydrogens is 374 g/mol. The Morgan fingerprint density at radius 2 is 1.85 bits per heavy atom. The number of nitrogens with zero attached hydrogens (tertiary/aromatic N) is 3. The highest BCUT2D eigenvalue weighted by Gasteiger charge is 2.11. The molecule has 0 unspecified atom stereocenters. The lowest BCUT2D eigenvalue weighted by Gasteiger charge is -2.02. The fraction of sp³-hybridized carbons (Fsp3) is 0. The monoisotopic (exact) mass is 387 g/mol. The number of para-hydroxylation sites is 1. The molecule has 0 fully saturated rings. The van der Waals surface area contributed by atoms with E-state index in [0.29, 0.717) is 0 Å². The van der Waals surface area contributed by atoms with E-state index in [1.165, 1.54) is 0 Å². The van der Waals surface area contributed by atoms with Crippen molar-refractivity contribution < 1.29 is 0 Å². The van der Waals surface area contributed by atoms with Gasteiger partial charge < -0.3 is 0 Å². The number of pyridine rings is 2. The van der Waals surface area contributed by atoms with Crippen molar-refractivity contribution in [2.24, 2.45) is 0 Å². The van der Waals surface area contributed by atoms with Gasteiger partial charge in [0, 0.05) is 40.4 Å². The summed E-state index contributed by atoms with van der Waals surface area (Å²) in [6, 6.07) is 13.9. The Morgan fingerprint density at radius 1 is 1.00 bits per heavy atom. The van der Waals surface area contributed by atoms with Gasteiger partial charge in [-0.15, -0.1) is 22.7 Å². The van der Waals surface area contributed by atoms with E-state index in [1.54, 1.807) is 52.0 Å². The average molecular weight is 387 g/mol. The molecule has 0 aliphatic rings. The van der Waals surface area contributed by atoms with Gasteiger partial charge in [-0.25, -0.2) is 4.98 Å². The van der Waals surface area contributed by atoms with E-state index in [4.69, 9.17) is 0 Å². The predicted octanol–water partition coefficient (Wildman–Crippen LogP) is 5.36. The molecule has 4 heterocycles. The molecule has 4 aromatic heterocycles. The standard InChI is InChI=1S/C21H13N3OS2/c25-21-20-15(14-5-9-22-10-6-14)13-26-18(20)7-11-24(21)12-8-19-23-16-3-1-2-4-17(16)27-19/h1-13H/b12-8+. The summed E-state index contributed by atoms with van der Waals surface area (Å²) >= 11 is 3.19. The lowest BCUT2D eigenvalue weighted by atomic mass is 10.1. The quantitative estimate of drug-likeness (QED) is 0.418. The minimum absolute atomic E-state index is 0.0297. The van der Waals surface area contributed by atoms with Crippen molar-refractivity contribution in [2.45, 2.75) is 0 Å². The van der Waals surface area contributed by atoms with Gasteiger partial charge in [0.2, 0.25) is 0 Å². The van der Waals surface area contributed by atoms with Crippen molar-refractivity contribution in [2.75, 3.05) is 0 Å². The highest BCUT2D eigenvalue weighted by atomic mass is 32.1. The van der Waals surface area contributed by atoms with Crippen molar-refractivity contribution in [3.63, 3.8) is 0 Å². The third kappa shape index (κ3) is 2.89. The number of aromatic nitrogens is 3. The molecule has 0 radical (unpaired) electrons. The van der Waals surface area contributed by atoms with Gasteiger partial charge >= 0.3 is 0 Å². The maximum absolute atomic E-state index is 13.1. The number of thiophene rings is 1. The maximum Gasteiger partial charge on any atom is 0.263 e.